The Hall–Kier alpha value is -3.47. The van der Waals surface area contributed by atoms with E-state index in [0.29, 0.717) is 25.2 Å². The Morgan fingerprint density at radius 1 is 0.737 bits per heavy atom. The molecule has 1 atom stereocenters. The number of aliphatic hydroxyl groups is 1. The lowest BCUT2D eigenvalue weighted by molar-refractivity contribution is -0.142. The van der Waals surface area contributed by atoms with Gasteiger partial charge in [0.25, 0.3) is 0 Å². The molecule has 0 unspecified atom stereocenters. The van der Waals surface area contributed by atoms with Crippen molar-refractivity contribution in [3.8, 4) is 0 Å². The fourth-order valence-electron chi connectivity index (χ4n) is 4.30. The van der Waals surface area contributed by atoms with Gasteiger partial charge >= 0.3 is 12.4 Å². The molecule has 4 aromatic rings. The second kappa shape index (κ2) is 11.5. The van der Waals surface area contributed by atoms with Crippen LogP contribution in [0.4, 0.5) is 26.3 Å². The van der Waals surface area contributed by atoms with Crippen molar-refractivity contribution in [3.05, 3.63) is 113 Å². The third kappa shape index (κ3) is 6.50. The maximum absolute atomic E-state index is 13.5. The highest BCUT2D eigenvalue weighted by Crippen LogP contribution is 2.38. The Kier molecular flexibility index (Phi) is 8.35. The van der Waals surface area contributed by atoms with Crippen molar-refractivity contribution < 1.29 is 31.4 Å². The summed E-state index contributed by atoms with van der Waals surface area (Å²) in [5.41, 5.74) is -1.82. The van der Waals surface area contributed by atoms with E-state index in [1.54, 1.807) is 0 Å². The molecule has 0 bridgehead atoms. The quantitative estimate of drug-likeness (QED) is 0.175. The number of para-hydroxylation sites is 1. The van der Waals surface area contributed by atoms with Gasteiger partial charge in [0.15, 0.2) is 0 Å². The van der Waals surface area contributed by atoms with Gasteiger partial charge < -0.3 is 15.7 Å². The molecule has 0 aliphatic heterocycles. The number of alkyl halides is 6. The average molecular weight is 534 g/mol. The van der Waals surface area contributed by atoms with Crippen LogP contribution in [-0.4, -0.2) is 29.7 Å². The molecule has 0 fully saturated rings. The van der Waals surface area contributed by atoms with Gasteiger partial charge in [-0.2, -0.15) is 26.3 Å². The van der Waals surface area contributed by atoms with Crippen LogP contribution in [0.2, 0.25) is 0 Å². The second-order valence-electron chi connectivity index (χ2n) is 8.72. The molecule has 200 valence electrons. The molecule has 38 heavy (non-hydrogen) atoms. The lowest BCUT2D eigenvalue weighted by Gasteiger charge is -2.21. The molecule has 0 saturated carbocycles. The lowest BCUT2D eigenvalue weighted by Crippen LogP contribution is -2.33. The number of nitrogens with zero attached hydrogens (tertiary/aromatic N) is 1. The molecular formula is C28H25F6N3O. The van der Waals surface area contributed by atoms with Crippen LogP contribution in [0, 0.1) is 0 Å². The zero-order chi connectivity index (χ0) is 27.3. The van der Waals surface area contributed by atoms with E-state index in [-0.39, 0.29) is 23.5 Å². The highest BCUT2D eigenvalue weighted by atomic mass is 19.4. The molecule has 4 rings (SSSR count). The minimum atomic E-state index is -4.98. The van der Waals surface area contributed by atoms with Crippen molar-refractivity contribution in [1.29, 1.82) is 0 Å². The first-order valence-corrected chi connectivity index (χ1v) is 11.9. The fraction of sp³-hybridized carbons (Fsp3) is 0.250. The number of hydrogen-bond acceptors (Lipinski definition) is 4. The van der Waals surface area contributed by atoms with Gasteiger partial charge in [-0.15, -0.1) is 0 Å². The predicted molar refractivity (Wildman–Crippen MR) is 132 cm³/mol. The van der Waals surface area contributed by atoms with Crippen molar-refractivity contribution >= 4 is 10.9 Å². The number of aromatic nitrogens is 1. The lowest BCUT2D eigenvalue weighted by atomic mass is 9.99. The molecule has 10 heteroatoms. The second-order valence-corrected chi connectivity index (χ2v) is 8.72. The smallest absolute Gasteiger partial charge is 0.387 e. The molecule has 4 nitrogen and oxygen atoms in total. The van der Waals surface area contributed by atoms with Gasteiger partial charge in [-0.25, -0.2) is 4.98 Å². The number of benzene rings is 3. The summed E-state index contributed by atoms with van der Waals surface area (Å²) < 4.78 is 80.8. The van der Waals surface area contributed by atoms with E-state index in [2.05, 4.69) is 15.6 Å². The highest BCUT2D eigenvalue weighted by Gasteiger charge is 2.38. The summed E-state index contributed by atoms with van der Waals surface area (Å²) in [5, 5.41) is 16.9. The molecule has 0 spiro atoms. The maximum Gasteiger partial charge on any atom is 0.433 e. The van der Waals surface area contributed by atoms with E-state index in [9.17, 15) is 31.4 Å². The third-order valence-electron chi connectivity index (χ3n) is 6.08. The molecule has 0 radical (unpaired) electrons. The van der Waals surface area contributed by atoms with E-state index in [4.69, 9.17) is 0 Å². The molecular weight excluding hydrogens is 508 g/mol. The minimum absolute atomic E-state index is 0.108. The van der Waals surface area contributed by atoms with Crippen LogP contribution in [0.3, 0.4) is 0 Å². The van der Waals surface area contributed by atoms with Crippen molar-refractivity contribution in [2.24, 2.45) is 0 Å². The van der Waals surface area contributed by atoms with Crippen LogP contribution >= 0.6 is 0 Å². The Labute approximate surface area is 215 Å². The average Bonchev–Trinajstić information content (AvgIpc) is 2.89. The van der Waals surface area contributed by atoms with E-state index in [0.717, 1.165) is 17.2 Å². The Bertz CT molecular complexity index is 1300. The topological polar surface area (TPSA) is 57.2 Å². The number of rotatable bonds is 9. The Morgan fingerprint density at radius 3 is 1.89 bits per heavy atom. The molecule has 0 aliphatic carbocycles. The molecule has 3 N–H and O–H groups in total. The first kappa shape index (κ1) is 27.6. The highest BCUT2D eigenvalue weighted by molar-refractivity contribution is 5.86. The predicted octanol–water partition coefficient (Wildman–Crippen LogP) is 6.27. The molecule has 0 aliphatic rings. The number of aliphatic hydroxyl groups excluding tert-OH is 1. The van der Waals surface area contributed by atoms with Crippen LogP contribution in [-0.2, 0) is 12.4 Å². The number of nitrogens with one attached hydrogen (secondary N) is 2. The van der Waals surface area contributed by atoms with Crippen molar-refractivity contribution in [2.75, 3.05) is 19.6 Å². The standard InChI is InChI=1S/C28H25F6N3O/c29-27(30,31)22-13-7-12-20-21(16-24(28(32,33)34)37-26(20)22)23(38)17-35-14-15-36-25(18-8-3-1-4-9-18)19-10-5-2-6-11-19/h1-13,16,23,25,35-36,38H,14-15,17H2/t23-/m1/s1. The number of pyridine rings is 1. The van der Waals surface area contributed by atoms with Crippen LogP contribution < -0.4 is 10.6 Å². The molecule has 0 saturated heterocycles. The van der Waals surface area contributed by atoms with E-state index >= 15 is 0 Å². The first-order valence-electron chi connectivity index (χ1n) is 11.9. The van der Waals surface area contributed by atoms with Crippen LogP contribution in [0.25, 0.3) is 10.9 Å². The minimum Gasteiger partial charge on any atom is -0.387 e. The van der Waals surface area contributed by atoms with Crippen molar-refractivity contribution in [2.45, 2.75) is 24.5 Å². The third-order valence-corrected chi connectivity index (χ3v) is 6.08. The van der Waals surface area contributed by atoms with Crippen LogP contribution in [0.5, 0.6) is 0 Å². The normalized spacial score (nSPS) is 13.3. The molecule has 1 heterocycles. The molecule has 1 aromatic heterocycles. The van der Waals surface area contributed by atoms with Gasteiger partial charge in [0, 0.05) is 25.0 Å². The summed E-state index contributed by atoms with van der Waals surface area (Å²) in [6.07, 6.45) is -11.4. The van der Waals surface area contributed by atoms with E-state index < -0.39 is 35.2 Å². The summed E-state index contributed by atoms with van der Waals surface area (Å²) in [7, 11) is 0. The SMILES string of the molecule is O[C@H](CNCCNC(c1ccccc1)c1ccccc1)c1cc(C(F)(F)F)nc2c(C(F)(F)F)cccc12. The Balaban J connectivity index is 1.48. The van der Waals surface area contributed by atoms with Crippen LogP contribution in [0.15, 0.2) is 84.9 Å². The zero-order valence-corrected chi connectivity index (χ0v) is 20.0. The maximum atomic E-state index is 13.5. The first-order chi connectivity index (χ1) is 18.1. The number of hydrogen-bond donors (Lipinski definition) is 3. The summed E-state index contributed by atoms with van der Waals surface area (Å²) in [6, 6.07) is 23.0. The monoisotopic (exact) mass is 533 g/mol. The molecule has 3 aromatic carbocycles. The number of fused-ring (bicyclic) bond motifs is 1. The fourth-order valence-corrected chi connectivity index (χ4v) is 4.30. The zero-order valence-electron chi connectivity index (χ0n) is 20.0. The van der Waals surface area contributed by atoms with Gasteiger partial charge in [-0.3, -0.25) is 0 Å². The summed E-state index contributed by atoms with van der Waals surface area (Å²) >= 11 is 0. The van der Waals surface area contributed by atoms with Gasteiger partial charge in [0.1, 0.15) is 5.69 Å². The Morgan fingerprint density at radius 2 is 1.34 bits per heavy atom. The van der Waals surface area contributed by atoms with Crippen molar-refractivity contribution in [1.82, 2.24) is 15.6 Å². The van der Waals surface area contributed by atoms with Gasteiger partial charge in [-0.1, -0.05) is 72.8 Å². The largest absolute Gasteiger partial charge is 0.433 e. The van der Waals surface area contributed by atoms with E-state index in [1.165, 1.54) is 6.07 Å². The van der Waals surface area contributed by atoms with Gasteiger partial charge in [-0.05, 0) is 28.8 Å². The summed E-state index contributed by atoms with van der Waals surface area (Å²) in [6.45, 7) is 0.621. The number of halogens is 6. The summed E-state index contributed by atoms with van der Waals surface area (Å²) in [4.78, 5) is 3.26. The van der Waals surface area contributed by atoms with E-state index in [1.807, 2.05) is 60.7 Å². The van der Waals surface area contributed by atoms with Gasteiger partial charge in [0.05, 0.1) is 23.2 Å². The van der Waals surface area contributed by atoms with Crippen LogP contribution in [0.1, 0.15) is 40.1 Å². The summed E-state index contributed by atoms with van der Waals surface area (Å²) in [5.74, 6) is 0. The molecule has 0 amide bonds. The van der Waals surface area contributed by atoms with Gasteiger partial charge in [0.2, 0.25) is 0 Å². The van der Waals surface area contributed by atoms with Crippen molar-refractivity contribution in [3.63, 3.8) is 0 Å².